The molecule has 1 aromatic heterocycles. The second-order valence-electron chi connectivity index (χ2n) is 6.18. The molecule has 0 atom stereocenters. The minimum atomic E-state index is 0.681. The number of methoxy groups -OCH3 is 2. The Morgan fingerprint density at radius 1 is 0.750 bits per heavy atom. The van der Waals surface area contributed by atoms with Crippen LogP contribution in [0.3, 0.4) is 0 Å². The molecule has 4 nitrogen and oxygen atoms in total. The van der Waals surface area contributed by atoms with Crippen LogP contribution in [0, 0.1) is 0 Å². The summed E-state index contributed by atoms with van der Waals surface area (Å²) in [6.07, 6.45) is 0. The number of thiazole rings is 1. The molecular weight excluding hydrogens is 368 g/mol. The molecule has 0 bridgehead atoms. The summed E-state index contributed by atoms with van der Waals surface area (Å²) in [4.78, 5) is 4.71. The zero-order valence-electron chi connectivity index (χ0n) is 15.7. The van der Waals surface area contributed by atoms with Crippen molar-refractivity contribution in [2.45, 2.75) is 0 Å². The molecule has 3 aromatic carbocycles. The number of ether oxygens (including phenoxy) is 2. The first-order chi connectivity index (χ1) is 13.8. The summed E-state index contributed by atoms with van der Waals surface area (Å²) in [5, 5.41) is 6.21. The van der Waals surface area contributed by atoms with Crippen LogP contribution < -0.4 is 14.8 Å². The second-order valence-corrected chi connectivity index (χ2v) is 7.03. The van der Waals surface area contributed by atoms with Gasteiger partial charge in [-0.05, 0) is 23.3 Å². The van der Waals surface area contributed by atoms with Crippen molar-refractivity contribution in [1.82, 2.24) is 4.98 Å². The van der Waals surface area contributed by atoms with Crippen LogP contribution in [0.4, 0.5) is 10.8 Å². The van der Waals surface area contributed by atoms with Gasteiger partial charge in [0.15, 0.2) is 16.6 Å². The van der Waals surface area contributed by atoms with E-state index in [1.807, 2.05) is 24.3 Å². The van der Waals surface area contributed by atoms with E-state index in [1.165, 1.54) is 11.1 Å². The number of anilines is 2. The summed E-state index contributed by atoms with van der Waals surface area (Å²) >= 11 is 1.57. The summed E-state index contributed by atoms with van der Waals surface area (Å²) in [6, 6.07) is 24.5. The Labute approximate surface area is 168 Å². The van der Waals surface area contributed by atoms with E-state index in [9.17, 15) is 0 Å². The molecule has 1 N–H and O–H groups in total. The maximum atomic E-state index is 5.35. The number of aromatic nitrogens is 1. The lowest BCUT2D eigenvalue weighted by molar-refractivity contribution is 0.355. The van der Waals surface area contributed by atoms with Gasteiger partial charge >= 0.3 is 0 Å². The van der Waals surface area contributed by atoms with Gasteiger partial charge in [0, 0.05) is 22.7 Å². The van der Waals surface area contributed by atoms with E-state index in [2.05, 4.69) is 59.2 Å². The predicted molar refractivity (Wildman–Crippen MR) is 116 cm³/mol. The smallest absolute Gasteiger partial charge is 0.187 e. The van der Waals surface area contributed by atoms with E-state index in [4.69, 9.17) is 14.5 Å². The number of hydrogen-bond donors (Lipinski definition) is 1. The molecule has 0 spiro atoms. The highest BCUT2D eigenvalue weighted by Crippen LogP contribution is 2.33. The average molecular weight is 388 g/mol. The van der Waals surface area contributed by atoms with Crippen molar-refractivity contribution in [2.75, 3.05) is 19.5 Å². The number of rotatable bonds is 6. The molecule has 0 fully saturated rings. The second kappa shape index (κ2) is 8.15. The highest BCUT2D eigenvalue weighted by atomic mass is 32.1. The molecule has 0 saturated heterocycles. The van der Waals surface area contributed by atoms with Gasteiger partial charge in [-0.3, -0.25) is 0 Å². The number of nitrogens with zero attached hydrogens (tertiary/aromatic N) is 1. The molecule has 0 aliphatic rings. The Morgan fingerprint density at radius 3 is 2.14 bits per heavy atom. The minimum absolute atomic E-state index is 0.681. The van der Waals surface area contributed by atoms with E-state index in [0.717, 1.165) is 22.1 Å². The maximum absolute atomic E-state index is 5.35. The lowest BCUT2D eigenvalue weighted by Crippen LogP contribution is -1.94. The summed E-state index contributed by atoms with van der Waals surface area (Å²) in [5.41, 5.74) is 5.35. The number of benzene rings is 3. The van der Waals surface area contributed by atoms with Crippen LogP contribution in [-0.2, 0) is 0 Å². The van der Waals surface area contributed by atoms with E-state index in [1.54, 1.807) is 25.6 Å². The number of nitrogens with one attached hydrogen (secondary N) is 1. The molecule has 0 aliphatic carbocycles. The zero-order valence-corrected chi connectivity index (χ0v) is 16.5. The molecule has 5 heteroatoms. The van der Waals surface area contributed by atoms with Gasteiger partial charge < -0.3 is 14.8 Å². The first kappa shape index (κ1) is 18.1. The Hall–Kier alpha value is -3.31. The standard InChI is InChI=1S/C23H20N2O2S/c1-26-21-13-12-19(14-22(21)27-2)24-23-25-20(15-28-23)18-10-8-17(9-11-18)16-6-4-3-5-7-16/h3-15H,1-2H3,(H,24,25). The van der Waals surface area contributed by atoms with Crippen LogP contribution >= 0.6 is 11.3 Å². The quantitative estimate of drug-likeness (QED) is 0.425. The molecule has 4 rings (SSSR count). The molecule has 0 amide bonds. The van der Waals surface area contributed by atoms with Crippen LogP contribution in [0.5, 0.6) is 11.5 Å². The molecule has 0 aliphatic heterocycles. The SMILES string of the molecule is COc1ccc(Nc2nc(-c3ccc(-c4ccccc4)cc3)cs2)cc1OC. The molecule has 1 heterocycles. The van der Waals surface area contributed by atoms with E-state index in [0.29, 0.717) is 11.5 Å². The van der Waals surface area contributed by atoms with Gasteiger partial charge in [0.05, 0.1) is 19.9 Å². The van der Waals surface area contributed by atoms with Gasteiger partial charge in [-0.15, -0.1) is 11.3 Å². The highest BCUT2D eigenvalue weighted by molar-refractivity contribution is 7.14. The van der Waals surface area contributed by atoms with Crippen molar-refractivity contribution in [3.63, 3.8) is 0 Å². The van der Waals surface area contributed by atoms with Crippen molar-refractivity contribution >= 4 is 22.2 Å². The van der Waals surface area contributed by atoms with Crippen LogP contribution in [0.25, 0.3) is 22.4 Å². The fraction of sp³-hybridized carbons (Fsp3) is 0.0870. The van der Waals surface area contributed by atoms with E-state index >= 15 is 0 Å². The van der Waals surface area contributed by atoms with Crippen molar-refractivity contribution in [1.29, 1.82) is 0 Å². The third-order valence-electron chi connectivity index (χ3n) is 4.43. The van der Waals surface area contributed by atoms with Gasteiger partial charge in [-0.2, -0.15) is 0 Å². The van der Waals surface area contributed by atoms with Crippen LogP contribution in [0.2, 0.25) is 0 Å². The molecular formula is C23H20N2O2S. The monoisotopic (exact) mass is 388 g/mol. The molecule has 4 aromatic rings. The van der Waals surface area contributed by atoms with E-state index < -0.39 is 0 Å². The van der Waals surface area contributed by atoms with E-state index in [-0.39, 0.29) is 0 Å². The van der Waals surface area contributed by atoms with Crippen molar-refractivity contribution in [3.8, 4) is 33.9 Å². The molecule has 0 saturated carbocycles. The largest absolute Gasteiger partial charge is 0.493 e. The van der Waals surface area contributed by atoms with Crippen LogP contribution in [0.1, 0.15) is 0 Å². The van der Waals surface area contributed by atoms with Gasteiger partial charge in [-0.25, -0.2) is 4.98 Å². The fourth-order valence-electron chi connectivity index (χ4n) is 2.97. The van der Waals surface area contributed by atoms with Crippen LogP contribution in [-0.4, -0.2) is 19.2 Å². The van der Waals surface area contributed by atoms with Crippen molar-refractivity contribution < 1.29 is 9.47 Å². The Bertz CT molecular complexity index is 1060. The van der Waals surface area contributed by atoms with Crippen molar-refractivity contribution in [3.05, 3.63) is 78.2 Å². The first-order valence-electron chi connectivity index (χ1n) is 8.87. The Kier molecular flexibility index (Phi) is 5.26. The summed E-state index contributed by atoms with van der Waals surface area (Å²) < 4.78 is 10.6. The molecule has 0 radical (unpaired) electrons. The lowest BCUT2D eigenvalue weighted by Gasteiger charge is -2.09. The van der Waals surface area contributed by atoms with Gasteiger partial charge in [0.25, 0.3) is 0 Å². The first-order valence-corrected chi connectivity index (χ1v) is 9.75. The average Bonchev–Trinajstić information content (AvgIpc) is 3.23. The minimum Gasteiger partial charge on any atom is -0.493 e. The highest BCUT2D eigenvalue weighted by Gasteiger charge is 2.08. The zero-order chi connectivity index (χ0) is 19.3. The van der Waals surface area contributed by atoms with Crippen molar-refractivity contribution in [2.24, 2.45) is 0 Å². The topological polar surface area (TPSA) is 43.4 Å². The third kappa shape index (κ3) is 3.85. The lowest BCUT2D eigenvalue weighted by atomic mass is 10.0. The fourth-order valence-corrected chi connectivity index (χ4v) is 3.71. The predicted octanol–water partition coefficient (Wildman–Crippen LogP) is 6.24. The molecule has 0 unspecified atom stereocenters. The maximum Gasteiger partial charge on any atom is 0.187 e. The Balaban J connectivity index is 1.51. The molecule has 140 valence electrons. The summed E-state index contributed by atoms with van der Waals surface area (Å²) in [6.45, 7) is 0. The summed E-state index contributed by atoms with van der Waals surface area (Å²) in [7, 11) is 3.25. The summed E-state index contributed by atoms with van der Waals surface area (Å²) in [5.74, 6) is 1.38. The van der Waals surface area contributed by atoms with Gasteiger partial charge in [-0.1, -0.05) is 54.6 Å². The van der Waals surface area contributed by atoms with Gasteiger partial charge in [0.2, 0.25) is 0 Å². The Morgan fingerprint density at radius 2 is 1.43 bits per heavy atom. The van der Waals surface area contributed by atoms with Crippen LogP contribution in [0.15, 0.2) is 78.2 Å². The van der Waals surface area contributed by atoms with Gasteiger partial charge in [0.1, 0.15) is 0 Å². The number of hydrogen-bond acceptors (Lipinski definition) is 5. The molecule has 28 heavy (non-hydrogen) atoms. The normalized spacial score (nSPS) is 10.5. The third-order valence-corrected chi connectivity index (χ3v) is 5.18.